The van der Waals surface area contributed by atoms with E-state index in [4.69, 9.17) is 5.26 Å². The number of halogens is 1. The Labute approximate surface area is 162 Å². The Morgan fingerprint density at radius 3 is 2.57 bits per heavy atom. The molecule has 7 nitrogen and oxygen atoms in total. The van der Waals surface area contributed by atoms with Gasteiger partial charge in [0.2, 0.25) is 5.95 Å². The van der Waals surface area contributed by atoms with Crippen molar-refractivity contribution in [3.05, 3.63) is 66.1 Å². The highest BCUT2D eigenvalue weighted by Crippen LogP contribution is 2.22. The highest BCUT2D eigenvalue weighted by Gasteiger charge is 2.20. The largest absolute Gasteiger partial charge is 0.366 e. The number of para-hydroxylation sites is 1. The summed E-state index contributed by atoms with van der Waals surface area (Å²) in [6.45, 7) is 2.79. The minimum absolute atomic E-state index is 0.203. The number of rotatable bonds is 4. The van der Waals surface area contributed by atoms with E-state index in [9.17, 15) is 4.39 Å². The van der Waals surface area contributed by atoms with E-state index >= 15 is 0 Å². The van der Waals surface area contributed by atoms with Gasteiger partial charge < -0.3 is 15.1 Å². The summed E-state index contributed by atoms with van der Waals surface area (Å²) in [6.07, 6.45) is 1.62. The molecule has 0 bridgehead atoms. The highest BCUT2D eigenvalue weighted by atomic mass is 19.1. The zero-order valence-electron chi connectivity index (χ0n) is 15.1. The van der Waals surface area contributed by atoms with Gasteiger partial charge in [-0.05, 0) is 30.3 Å². The molecule has 1 N–H and O–H groups in total. The number of benzene rings is 2. The predicted octanol–water partition coefficient (Wildman–Crippen LogP) is 2.95. The molecule has 1 aliphatic rings. The molecule has 2 aromatic carbocycles. The third-order valence-corrected chi connectivity index (χ3v) is 4.59. The van der Waals surface area contributed by atoms with E-state index in [0.717, 1.165) is 5.69 Å². The average Bonchev–Trinajstić information content (AvgIpc) is 2.75. The molecule has 2 heterocycles. The van der Waals surface area contributed by atoms with Gasteiger partial charge in [0.25, 0.3) is 0 Å². The van der Waals surface area contributed by atoms with E-state index in [-0.39, 0.29) is 5.82 Å². The van der Waals surface area contributed by atoms with Crippen molar-refractivity contribution in [2.24, 2.45) is 0 Å². The predicted molar refractivity (Wildman–Crippen MR) is 105 cm³/mol. The van der Waals surface area contributed by atoms with Crippen LogP contribution in [-0.4, -0.2) is 41.4 Å². The van der Waals surface area contributed by atoms with Crippen LogP contribution in [-0.2, 0) is 0 Å². The van der Waals surface area contributed by atoms with Gasteiger partial charge in [0.05, 0.1) is 23.5 Å². The second-order valence-electron chi connectivity index (χ2n) is 6.38. The van der Waals surface area contributed by atoms with Crippen molar-refractivity contribution >= 4 is 23.1 Å². The number of hydrogen-bond donors (Lipinski definition) is 1. The van der Waals surface area contributed by atoms with Gasteiger partial charge in [-0.15, -0.1) is 5.10 Å². The van der Waals surface area contributed by atoms with Crippen molar-refractivity contribution in [3.8, 4) is 6.07 Å². The third-order valence-electron chi connectivity index (χ3n) is 4.59. The van der Waals surface area contributed by atoms with Gasteiger partial charge in [0.1, 0.15) is 5.82 Å². The maximum absolute atomic E-state index is 14.0. The van der Waals surface area contributed by atoms with Crippen molar-refractivity contribution < 1.29 is 4.39 Å². The highest BCUT2D eigenvalue weighted by molar-refractivity contribution is 5.57. The molecule has 0 saturated carbocycles. The molecule has 1 saturated heterocycles. The fourth-order valence-electron chi connectivity index (χ4n) is 3.18. The van der Waals surface area contributed by atoms with Gasteiger partial charge in [-0.2, -0.15) is 15.3 Å². The summed E-state index contributed by atoms with van der Waals surface area (Å²) in [6, 6.07) is 16.0. The summed E-state index contributed by atoms with van der Waals surface area (Å²) < 4.78 is 14.0. The number of aromatic nitrogens is 3. The summed E-state index contributed by atoms with van der Waals surface area (Å²) in [7, 11) is 0. The van der Waals surface area contributed by atoms with Gasteiger partial charge in [-0.25, -0.2) is 4.39 Å². The Kier molecular flexibility index (Phi) is 4.97. The van der Waals surface area contributed by atoms with E-state index < -0.39 is 0 Å². The molecule has 0 spiro atoms. The topological polar surface area (TPSA) is 81.0 Å². The zero-order valence-corrected chi connectivity index (χ0v) is 15.1. The van der Waals surface area contributed by atoms with E-state index in [0.29, 0.717) is 49.2 Å². The second-order valence-corrected chi connectivity index (χ2v) is 6.38. The minimum Gasteiger partial charge on any atom is -0.366 e. The lowest BCUT2D eigenvalue weighted by Gasteiger charge is -2.36. The third kappa shape index (κ3) is 3.83. The van der Waals surface area contributed by atoms with Crippen LogP contribution in [0.4, 0.5) is 27.5 Å². The molecule has 1 fully saturated rings. The number of nitriles is 1. The second kappa shape index (κ2) is 7.88. The Morgan fingerprint density at radius 1 is 1.00 bits per heavy atom. The van der Waals surface area contributed by atoms with Crippen molar-refractivity contribution in [1.82, 2.24) is 15.2 Å². The molecular weight excluding hydrogens is 357 g/mol. The smallest absolute Gasteiger partial charge is 0.249 e. The zero-order chi connectivity index (χ0) is 19.3. The van der Waals surface area contributed by atoms with E-state index in [2.05, 4.69) is 31.5 Å². The standard InChI is InChI=1S/C20H18FN7/c21-17-6-1-2-7-18(17)27-8-10-28(11-9-27)19-14-23-26-20(25-19)24-16-5-3-4-15(12-16)13-22/h1-7,12,14H,8-11H2,(H,24,25,26). The fourth-order valence-corrected chi connectivity index (χ4v) is 3.18. The SMILES string of the molecule is N#Cc1cccc(Nc2nncc(N3CCN(c4ccccc4F)CC3)n2)c1. The quantitative estimate of drug-likeness (QED) is 0.751. The van der Waals surface area contributed by atoms with E-state index in [1.807, 2.05) is 17.0 Å². The van der Waals surface area contributed by atoms with Crippen LogP contribution < -0.4 is 15.1 Å². The maximum Gasteiger partial charge on any atom is 0.249 e. The monoisotopic (exact) mass is 375 g/mol. The van der Waals surface area contributed by atoms with Crippen LogP contribution in [0.1, 0.15) is 5.56 Å². The molecule has 0 amide bonds. The number of hydrogen-bond acceptors (Lipinski definition) is 7. The summed E-state index contributed by atoms with van der Waals surface area (Å²) in [5.74, 6) is 0.872. The minimum atomic E-state index is -0.203. The van der Waals surface area contributed by atoms with Gasteiger partial charge in [-0.3, -0.25) is 0 Å². The van der Waals surface area contributed by atoms with Crippen LogP contribution in [0.25, 0.3) is 0 Å². The molecule has 0 atom stereocenters. The normalized spacial score (nSPS) is 13.9. The molecule has 4 rings (SSSR count). The maximum atomic E-state index is 14.0. The van der Waals surface area contributed by atoms with Gasteiger partial charge in [0.15, 0.2) is 5.82 Å². The first kappa shape index (κ1) is 17.7. The van der Waals surface area contributed by atoms with Crippen molar-refractivity contribution in [1.29, 1.82) is 5.26 Å². The number of piperazine rings is 1. The summed E-state index contributed by atoms with van der Waals surface area (Å²) in [5, 5.41) is 20.1. The molecule has 3 aromatic rings. The van der Waals surface area contributed by atoms with Gasteiger partial charge in [-0.1, -0.05) is 18.2 Å². The molecule has 0 aliphatic carbocycles. The number of anilines is 4. The van der Waals surface area contributed by atoms with Crippen LogP contribution in [0.5, 0.6) is 0 Å². The average molecular weight is 375 g/mol. The van der Waals surface area contributed by atoms with Gasteiger partial charge >= 0.3 is 0 Å². The van der Waals surface area contributed by atoms with Crippen LogP contribution >= 0.6 is 0 Å². The Bertz CT molecular complexity index is 1010. The molecule has 0 radical (unpaired) electrons. The van der Waals surface area contributed by atoms with Crippen molar-refractivity contribution in [2.75, 3.05) is 41.3 Å². The first-order valence-corrected chi connectivity index (χ1v) is 8.94. The lowest BCUT2D eigenvalue weighted by molar-refractivity contribution is 0.595. The summed E-state index contributed by atoms with van der Waals surface area (Å²) in [4.78, 5) is 8.66. The molecule has 1 aliphatic heterocycles. The molecule has 140 valence electrons. The number of nitrogens with one attached hydrogen (secondary N) is 1. The number of nitrogens with zero attached hydrogens (tertiary/aromatic N) is 6. The van der Waals surface area contributed by atoms with Gasteiger partial charge in [0, 0.05) is 31.9 Å². The molecular formula is C20H18FN7. The molecule has 0 unspecified atom stereocenters. The molecule has 1 aromatic heterocycles. The van der Waals surface area contributed by atoms with Crippen LogP contribution in [0.3, 0.4) is 0 Å². The summed E-state index contributed by atoms with van der Waals surface area (Å²) >= 11 is 0. The first-order valence-electron chi connectivity index (χ1n) is 8.94. The van der Waals surface area contributed by atoms with E-state index in [1.165, 1.54) is 6.07 Å². The lowest BCUT2D eigenvalue weighted by atomic mass is 10.2. The fraction of sp³-hybridized carbons (Fsp3) is 0.200. The molecule has 28 heavy (non-hydrogen) atoms. The first-order chi connectivity index (χ1) is 13.7. The lowest BCUT2D eigenvalue weighted by Crippen LogP contribution is -2.47. The Balaban J connectivity index is 1.44. The van der Waals surface area contributed by atoms with Crippen molar-refractivity contribution in [3.63, 3.8) is 0 Å². The molecule has 8 heteroatoms. The van der Waals surface area contributed by atoms with Crippen LogP contribution in [0.2, 0.25) is 0 Å². The van der Waals surface area contributed by atoms with E-state index in [1.54, 1.807) is 36.5 Å². The summed E-state index contributed by atoms with van der Waals surface area (Å²) in [5.41, 5.74) is 1.91. The van der Waals surface area contributed by atoms with Crippen molar-refractivity contribution in [2.45, 2.75) is 0 Å². The Morgan fingerprint density at radius 2 is 1.79 bits per heavy atom. The van der Waals surface area contributed by atoms with Crippen LogP contribution in [0.15, 0.2) is 54.7 Å². The Hall–Kier alpha value is -3.73. The van der Waals surface area contributed by atoms with Crippen LogP contribution in [0, 0.1) is 17.1 Å².